The number of methoxy groups -OCH3 is 1. The minimum Gasteiger partial charge on any atom is -0.497 e. The smallest absolute Gasteiger partial charge is 0.337 e. The maximum absolute atomic E-state index is 11.4. The van der Waals surface area contributed by atoms with Crippen LogP contribution >= 0.6 is 0 Å². The van der Waals surface area contributed by atoms with Crippen LogP contribution in [0.4, 0.5) is 0 Å². The molecule has 0 saturated heterocycles. The van der Waals surface area contributed by atoms with Gasteiger partial charge in [0.05, 0.1) is 24.1 Å². The van der Waals surface area contributed by atoms with Gasteiger partial charge in [0.25, 0.3) is 0 Å². The van der Waals surface area contributed by atoms with E-state index >= 15 is 0 Å². The van der Waals surface area contributed by atoms with Crippen LogP contribution in [0.1, 0.15) is 28.5 Å². The predicted molar refractivity (Wildman–Crippen MR) is 103 cm³/mol. The number of hydrogen-bond donors (Lipinski definition) is 1. The number of rotatable bonds is 7. The van der Waals surface area contributed by atoms with E-state index in [2.05, 4.69) is 4.98 Å². The number of aromatic carboxylic acids is 1. The standard InChI is InChI=1S/C22H21NO4/c1-3-19-18(22(24)25)11-12-20(23-19)17-10-9-16(26-2)13-21(17)27-14-15-7-5-4-6-8-15/h4-13H,3,14H2,1-2H3,(H,24,25). The predicted octanol–water partition coefficient (Wildman–Crippen LogP) is 4.60. The van der Waals surface area contributed by atoms with Crippen LogP contribution in [0.15, 0.2) is 60.7 Å². The van der Waals surface area contributed by atoms with Crippen molar-refractivity contribution in [2.75, 3.05) is 7.11 Å². The van der Waals surface area contributed by atoms with E-state index in [1.807, 2.05) is 55.5 Å². The van der Waals surface area contributed by atoms with E-state index in [1.165, 1.54) is 0 Å². The molecule has 0 spiro atoms. The molecule has 1 aromatic heterocycles. The summed E-state index contributed by atoms with van der Waals surface area (Å²) in [6.07, 6.45) is 0.534. The summed E-state index contributed by atoms with van der Waals surface area (Å²) >= 11 is 0. The Balaban J connectivity index is 1.98. The van der Waals surface area contributed by atoms with Crippen LogP contribution < -0.4 is 9.47 Å². The lowest BCUT2D eigenvalue weighted by atomic mass is 10.1. The highest BCUT2D eigenvalue weighted by Gasteiger charge is 2.15. The molecular formula is C22H21NO4. The van der Waals surface area contributed by atoms with Crippen molar-refractivity contribution in [3.63, 3.8) is 0 Å². The molecular weight excluding hydrogens is 342 g/mol. The monoisotopic (exact) mass is 363 g/mol. The van der Waals surface area contributed by atoms with Gasteiger partial charge in [-0.3, -0.25) is 4.98 Å². The minimum atomic E-state index is -0.971. The summed E-state index contributed by atoms with van der Waals surface area (Å²) in [5.41, 5.74) is 3.28. The Morgan fingerprint density at radius 1 is 1.07 bits per heavy atom. The average Bonchev–Trinajstić information content (AvgIpc) is 2.72. The fraction of sp³-hybridized carbons (Fsp3) is 0.182. The molecule has 27 heavy (non-hydrogen) atoms. The molecule has 5 heteroatoms. The molecule has 3 rings (SSSR count). The van der Waals surface area contributed by atoms with Gasteiger partial charge in [0, 0.05) is 11.6 Å². The molecule has 3 aromatic rings. The van der Waals surface area contributed by atoms with E-state index in [9.17, 15) is 9.90 Å². The molecule has 0 aliphatic carbocycles. The van der Waals surface area contributed by atoms with Gasteiger partial charge in [0.15, 0.2) is 0 Å². The largest absolute Gasteiger partial charge is 0.497 e. The van der Waals surface area contributed by atoms with Crippen molar-refractivity contribution >= 4 is 5.97 Å². The molecule has 0 aliphatic heterocycles. The second-order valence-electron chi connectivity index (χ2n) is 5.99. The Kier molecular flexibility index (Phi) is 5.71. The summed E-state index contributed by atoms with van der Waals surface area (Å²) in [5, 5.41) is 9.31. The quantitative estimate of drug-likeness (QED) is 0.664. The summed E-state index contributed by atoms with van der Waals surface area (Å²) in [6.45, 7) is 2.30. The van der Waals surface area contributed by atoms with Crippen LogP contribution in [0.3, 0.4) is 0 Å². The van der Waals surface area contributed by atoms with E-state index < -0.39 is 5.97 Å². The summed E-state index contributed by atoms with van der Waals surface area (Å²) in [6, 6.07) is 18.7. The van der Waals surface area contributed by atoms with E-state index in [0.29, 0.717) is 35.9 Å². The van der Waals surface area contributed by atoms with Crippen LogP contribution in [0, 0.1) is 0 Å². The fourth-order valence-corrected chi connectivity index (χ4v) is 2.81. The van der Waals surface area contributed by atoms with Gasteiger partial charge >= 0.3 is 5.97 Å². The number of carboxylic acid groups (broad SMARTS) is 1. The highest BCUT2D eigenvalue weighted by molar-refractivity contribution is 5.89. The van der Waals surface area contributed by atoms with Crippen LogP contribution in [-0.2, 0) is 13.0 Å². The second kappa shape index (κ2) is 8.36. The number of nitrogens with zero attached hydrogens (tertiary/aromatic N) is 1. The lowest BCUT2D eigenvalue weighted by Gasteiger charge is -2.14. The summed E-state index contributed by atoms with van der Waals surface area (Å²) in [4.78, 5) is 15.9. The van der Waals surface area contributed by atoms with E-state index in [1.54, 1.807) is 19.2 Å². The van der Waals surface area contributed by atoms with Crippen molar-refractivity contribution in [2.24, 2.45) is 0 Å². The van der Waals surface area contributed by atoms with Gasteiger partial charge in [-0.15, -0.1) is 0 Å². The number of ether oxygens (including phenoxy) is 2. The lowest BCUT2D eigenvalue weighted by molar-refractivity contribution is 0.0695. The molecule has 0 saturated carbocycles. The van der Waals surface area contributed by atoms with Gasteiger partial charge in [0.1, 0.15) is 18.1 Å². The number of carboxylic acids is 1. The summed E-state index contributed by atoms with van der Waals surface area (Å²) in [5.74, 6) is 0.344. The molecule has 0 radical (unpaired) electrons. The van der Waals surface area contributed by atoms with Gasteiger partial charge < -0.3 is 14.6 Å². The molecule has 1 heterocycles. The molecule has 5 nitrogen and oxygen atoms in total. The number of benzene rings is 2. The molecule has 2 aromatic carbocycles. The van der Waals surface area contributed by atoms with E-state index in [0.717, 1.165) is 11.1 Å². The third-order valence-electron chi connectivity index (χ3n) is 4.24. The molecule has 0 fully saturated rings. The van der Waals surface area contributed by atoms with Crippen molar-refractivity contribution in [1.29, 1.82) is 0 Å². The highest BCUT2D eigenvalue weighted by Crippen LogP contribution is 2.33. The van der Waals surface area contributed by atoms with Gasteiger partial charge in [-0.2, -0.15) is 0 Å². The first-order chi connectivity index (χ1) is 13.1. The van der Waals surface area contributed by atoms with Crippen molar-refractivity contribution in [3.05, 3.63) is 77.5 Å². The van der Waals surface area contributed by atoms with E-state index in [-0.39, 0.29) is 5.56 Å². The van der Waals surface area contributed by atoms with Crippen LogP contribution in [0.2, 0.25) is 0 Å². The molecule has 0 amide bonds. The third-order valence-corrected chi connectivity index (χ3v) is 4.24. The van der Waals surface area contributed by atoms with Crippen molar-refractivity contribution in [3.8, 4) is 22.8 Å². The molecule has 138 valence electrons. The topological polar surface area (TPSA) is 68.7 Å². The SMILES string of the molecule is CCc1nc(-c2ccc(OC)cc2OCc2ccccc2)ccc1C(=O)O. The Bertz CT molecular complexity index is 938. The van der Waals surface area contributed by atoms with Gasteiger partial charge in [-0.1, -0.05) is 37.3 Å². The van der Waals surface area contributed by atoms with Crippen LogP contribution in [-0.4, -0.2) is 23.2 Å². The number of pyridine rings is 1. The Hall–Kier alpha value is -3.34. The number of hydrogen-bond acceptors (Lipinski definition) is 4. The average molecular weight is 363 g/mol. The Morgan fingerprint density at radius 2 is 1.85 bits per heavy atom. The molecule has 1 N–H and O–H groups in total. The number of aromatic nitrogens is 1. The zero-order valence-corrected chi connectivity index (χ0v) is 15.3. The van der Waals surface area contributed by atoms with Crippen molar-refractivity contribution in [1.82, 2.24) is 4.98 Å². The lowest BCUT2D eigenvalue weighted by Crippen LogP contribution is -2.05. The zero-order chi connectivity index (χ0) is 19.2. The molecule has 0 bridgehead atoms. The second-order valence-corrected chi connectivity index (χ2v) is 5.99. The van der Waals surface area contributed by atoms with Crippen molar-refractivity contribution < 1.29 is 19.4 Å². The third kappa shape index (κ3) is 4.26. The first-order valence-electron chi connectivity index (χ1n) is 8.70. The molecule has 0 unspecified atom stereocenters. The van der Waals surface area contributed by atoms with Gasteiger partial charge in [0.2, 0.25) is 0 Å². The fourth-order valence-electron chi connectivity index (χ4n) is 2.81. The highest BCUT2D eigenvalue weighted by atomic mass is 16.5. The van der Waals surface area contributed by atoms with Gasteiger partial charge in [-0.25, -0.2) is 4.79 Å². The first kappa shape index (κ1) is 18.5. The molecule has 0 atom stereocenters. The van der Waals surface area contributed by atoms with Crippen LogP contribution in [0.5, 0.6) is 11.5 Å². The normalized spacial score (nSPS) is 10.4. The summed E-state index contributed by atoms with van der Waals surface area (Å²) < 4.78 is 11.4. The maximum Gasteiger partial charge on any atom is 0.337 e. The number of carbonyl (C=O) groups is 1. The minimum absolute atomic E-state index is 0.224. The Morgan fingerprint density at radius 3 is 2.52 bits per heavy atom. The van der Waals surface area contributed by atoms with Crippen molar-refractivity contribution in [2.45, 2.75) is 20.0 Å². The maximum atomic E-state index is 11.4. The zero-order valence-electron chi connectivity index (χ0n) is 15.3. The Labute approximate surface area is 158 Å². The van der Waals surface area contributed by atoms with E-state index in [4.69, 9.17) is 9.47 Å². The summed E-state index contributed by atoms with van der Waals surface area (Å²) in [7, 11) is 1.60. The first-order valence-corrected chi connectivity index (χ1v) is 8.70. The molecule has 0 aliphatic rings. The number of aryl methyl sites for hydroxylation is 1. The van der Waals surface area contributed by atoms with Gasteiger partial charge in [-0.05, 0) is 36.2 Å². The van der Waals surface area contributed by atoms with Crippen LogP contribution in [0.25, 0.3) is 11.3 Å².